The van der Waals surface area contributed by atoms with E-state index in [1.165, 1.54) is 18.0 Å². The Morgan fingerprint density at radius 2 is 2.62 bits per heavy atom. The minimum Gasteiger partial charge on any atom is -0.491 e. The molecule has 0 atom stereocenters. The maximum Gasteiger partial charge on any atom is 0.258 e. The molecule has 0 spiro atoms. The van der Waals surface area contributed by atoms with Crippen molar-refractivity contribution in [3.63, 3.8) is 0 Å². The van der Waals surface area contributed by atoms with Crippen LogP contribution in [-0.2, 0) is 0 Å². The normalized spacial score (nSPS) is 9.62. The van der Waals surface area contributed by atoms with Crippen molar-refractivity contribution in [3.8, 4) is 5.88 Å². The van der Waals surface area contributed by atoms with Crippen LogP contribution >= 0.6 is 11.8 Å². The van der Waals surface area contributed by atoms with Crippen molar-refractivity contribution < 1.29 is 9.52 Å². The van der Waals surface area contributed by atoms with Crippen LogP contribution in [0.2, 0.25) is 0 Å². The van der Waals surface area contributed by atoms with Gasteiger partial charge in [-0.05, 0) is 6.26 Å². The molecular formula is C4H5NO2S. The molecule has 8 heavy (non-hydrogen) atoms. The van der Waals surface area contributed by atoms with Crippen LogP contribution in [0.3, 0.4) is 0 Å². The van der Waals surface area contributed by atoms with Crippen LogP contribution in [0, 0.1) is 0 Å². The molecule has 0 aromatic carbocycles. The smallest absolute Gasteiger partial charge is 0.258 e. The summed E-state index contributed by atoms with van der Waals surface area (Å²) in [5.74, 6) is -0.0608. The standard InChI is InChI=1S/C4H5NO2S/c1-8-4-5-3(6)2-7-4/h2,6H,1H3. The average molecular weight is 131 g/mol. The zero-order valence-corrected chi connectivity index (χ0v) is 5.10. The monoisotopic (exact) mass is 131 g/mol. The van der Waals surface area contributed by atoms with Crippen LogP contribution in [0.1, 0.15) is 0 Å². The molecule has 0 aliphatic rings. The summed E-state index contributed by atoms with van der Waals surface area (Å²) in [4.78, 5) is 3.58. The second-order valence-electron chi connectivity index (χ2n) is 1.18. The van der Waals surface area contributed by atoms with E-state index in [2.05, 4.69) is 4.98 Å². The molecule has 0 radical (unpaired) electrons. The minimum absolute atomic E-state index is 0.0608. The molecule has 0 fully saturated rings. The Morgan fingerprint density at radius 1 is 1.88 bits per heavy atom. The van der Waals surface area contributed by atoms with Gasteiger partial charge in [0, 0.05) is 0 Å². The number of aromatic nitrogens is 1. The lowest BCUT2D eigenvalue weighted by Crippen LogP contribution is -1.63. The highest BCUT2D eigenvalue weighted by molar-refractivity contribution is 7.98. The summed E-state index contributed by atoms with van der Waals surface area (Å²) in [6.07, 6.45) is 3.02. The predicted molar refractivity (Wildman–Crippen MR) is 29.9 cm³/mol. The highest BCUT2D eigenvalue weighted by Gasteiger charge is 1.96. The molecule has 3 nitrogen and oxygen atoms in total. The van der Waals surface area contributed by atoms with Crippen LogP contribution < -0.4 is 0 Å². The maximum absolute atomic E-state index is 8.57. The summed E-state index contributed by atoms with van der Waals surface area (Å²) in [7, 11) is 0. The van der Waals surface area contributed by atoms with Gasteiger partial charge >= 0.3 is 0 Å². The lowest BCUT2D eigenvalue weighted by Gasteiger charge is -1.77. The first kappa shape index (κ1) is 5.50. The van der Waals surface area contributed by atoms with E-state index in [9.17, 15) is 0 Å². The third-order valence-electron chi connectivity index (χ3n) is 0.646. The number of hydrogen-bond donors (Lipinski definition) is 1. The van der Waals surface area contributed by atoms with E-state index in [0.29, 0.717) is 5.22 Å². The molecular weight excluding hydrogens is 126 g/mol. The second kappa shape index (κ2) is 2.09. The molecule has 0 saturated carbocycles. The van der Waals surface area contributed by atoms with E-state index in [4.69, 9.17) is 9.52 Å². The minimum atomic E-state index is -0.0608. The van der Waals surface area contributed by atoms with Gasteiger partial charge in [-0.25, -0.2) is 0 Å². The Morgan fingerprint density at radius 3 is 2.88 bits per heavy atom. The number of hydrogen-bond acceptors (Lipinski definition) is 4. The van der Waals surface area contributed by atoms with E-state index in [1.807, 2.05) is 6.26 Å². The van der Waals surface area contributed by atoms with Crippen LogP contribution in [0.15, 0.2) is 15.9 Å². The summed E-state index contributed by atoms with van der Waals surface area (Å²) in [6, 6.07) is 0. The third kappa shape index (κ3) is 0.949. The molecule has 1 N–H and O–H groups in total. The molecule has 44 valence electrons. The highest BCUT2D eigenvalue weighted by Crippen LogP contribution is 2.15. The number of rotatable bonds is 1. The van der Waals surface area contributed by atoms with Crippen LogP contribution in [0.4, 0.5) is 0 Å². The zero-order chi connectivity index (χ0) is 5.98. The molecule has 0 saturated heterocycles. The van der Waals surface area contributed by atoms with Gasteiger partial charge < -0.3 is 9.52 Å². The molecule has 0 bridgehead atoms. The van der Waals surface area contributed by atoms with Crippen molar-refractivity contribution in [2.24, 2.45) is 0 Å². The molecule has 1 rings (SSSR count). The van der Waals surface area contributed by atoms with Gasteiger partial charge in [-0.15, -0.1) is 0 Å². The zero-order valence-electron chi connectivity index (χ0n) is 4.29. The maximum atomic E-state index is 8.57. The van der Waals surface area contributed by atoms with Crippen molar-refractivity contribution in [3.05, 3.63) is 6.26 Å². The predicted octanol–water partition coefficient (Wildman–Crippen LogP) is 1.10. The molecule has 1 heterocycles. The van der Waals surface area contributed by atoms with Gasteiger partial charge in [-0.1, -0.05) is 11.8 Å². The Labute approximate surface area is 50.7 Å². The van der Waals surface area contributed by atoms with E-state index in [1.54, 1.807) is 0 Å². The van der Waals surface area contributed by atoms with Crippen molar-refractivity contribution in [1.29, 1.82) is 0 Å². The first-order valence-electron chi connectivity index (χ1n) is 2.01. The SMILES string of the molecule is CSc1nc(O)co1. The van der Waals surface area contributed by atoms with E-state index < -0.39 is 0 Å². The van der Waals surface area contributed by atoms with Crippen LogP contribution in [0.5, 0.6) is 5.88 Å². The Bertz CT molecular complexity index is 174. The van der Waals surface area contributed by atoms with Gasteiger partial charge in [0.25, 0.3) is 11.1 Å². The van der Waals surface area contributed by atoms with Gasteiger partial charge in [0.2, 0.25) is 0 Å². The van der Waals surface area contributed by atoms with Gasteiger partial charge in [-0.2, -0.15) is 4.98 Å². The number of thioether (sulfide) groups is 1. The largest absolute Gasteiger partial charge is 0.491 e. The van der Waals surface area contributed by atoms with E-state index in [-0.39, 0.29) is 5.88 Å². The second-order valence-corrected chi connectivity index (χ2v) is 1.93. The molecule has 0 unspecified atom stereocenters. The summed E-state index contributed by atoms with van der Waals surface area (Å²) in [6.45, 7) is 0. The summed E-state index contributed by atoms with van der Waals surface area (Å²) in [5.41, 5.74) is 0. The topological polar surface area (TPSA) is 46.3 Å². The fourth-order valence-corrected chi connectivity index (χ4v) is 0.672. The Hall–Kier alpha value is -0.640. The summed E-state index contributed by atoms with van der Waals surface area (Å²) >= 11 is 1.35. The van der Waals surface area contributed by atoms with E-state index in [0.717, 1.165) is 0 Å². The molecule has 1 aromatic heterocycles. The Balaban J connectivity index is 2.84. The quantitative estimate of drug-likeness (QED) is 0.580. The van der Waals surface area contributed by atoms with Gasteiger partial charge in [0.05, 0.1) is 0 Å². The Kier molecular flexibility index (Phi) is 1.43. The van der Waals surface area contributed by atoms with Crippen molar-refractivity contribution in [2.45, 2.75) is 5.22 Å². The molecule has 1 aromatic rings. The summed E-state index contributed by atoms with van der Waals surface area (Å²) < 4.78 is 4.72. The number of nitrogens with zero attached hydrogens (tertiary/aromatic N) is 1. The van der Waals surface area contributed by atoms with E-state index >= 15 is 0 Å². The molecule has 0 aliphatic carbocycles. The van der Waals surface area contributed by atoms with Crippen molar-refractivity contribution in [1.82, 2.24) is 4.98 Å². The fraction of sp³-hybridized carbons (Fsp3) is 0.250. The van der Waals surface area contributed by atoms with Crippen molar-refractivity contribution >= 4 is 11.8 Å². The molecule has 0 aliphatic heterocycles. The fourth-order valence-electron chi connectivity index (χ4n) is 0.343. The lowest BCUT2D eigenvalue weighted by atomic mass is 10.9. The number of aromatic hydroxyl groups is 1. The average Bonchev–Trinajstić information content (AvgIpc) is 2.14. The number of oxazole rings is 1. The van der Waals surface area contributed by atoms with Crippen molar-refractivity contribution in [2.75, 3.05) is 6.26 Å². The van der Waals surface area contributed by atoms with Gasteiger partial charge in [-0.3, -0.25) is 0 Å². The summed E-state index contributed by atoms with van der Waals surface area (Å²) in [5, 5.41) is 9.05. The van der Waals surface area contributed by atoms with Crippen LogP contribution in [-0.4, -0.2) is 16.3 Å². The lowest BCUT2D eigenvalue weighted by molar-refractivity contribution is 0.440. The molecule has 4 heteroatoms. The highest BCUT2D eigenvalue weighted by atomic mass is 32.2. The molecule has 0 amide bonds. The van der Waals surface area contributed by atoms with Gasteiger partial charge in [0.15, 0.2) is 6.26 Å². The first-order chi connectivity index (χ1) is 3.83. The van der Waals surface area contributed by atoms with Crippen LogP contribution in [0.25, 0.3) is 0 Å². The third-order valence-corrected chi connectivity index (χ3v) is 1.18. The van der Waals surface area contributed by atoms with Gasteiger partial charge in [0.1, 0.15) is 0 Å². The first-order valence-corrected chi connectivity index (χ1v) is 3.24.